The largest absolute Gasteiger partial charge is 0.499 e. The van der Waals surface area contributed by atoms with Crippen molar-refractivity contribution < 1.29 is 35.5 Å². The molecular weight excluding hydrogens is 325 g/mol. The fourth-order valence-corrected chi connectivity index (χ4v) is 1.03. The molecule has 0 saturated carbocycles. The van der Waals surface area contributed by atoms with Gasteiger partial charge in [-0.1, -0.05) is 0 Å². The van der Waals surface area contributed by atoms with Crippen LogP contribution >= 0.6 is 15.9 Å². The zero-order chi connectivity index (χ0) is 13.4. The van der Waals surface area contributed by atoms with Gasteiger partial charge in [0.05, 0.1) is 4.47 Å². The SMILES string of the molecule is Fc1cc(OC(F)(F)C(F)(F)F)cc(F)c1Br. The van der Waals surface area contributed by atoms with Crippen molar-refractivity contribution in [2.24, 2.45) is 0 Å². The molecule has 0 atom stereocenters. The van der Waals surface area contributed by atoms with Crippen LogP contribution in [0.3, 0.4) is 0 Å². The minimum Gasteiger partial charge on any atom is -0.426 e. The molecule has 1 nitrogen and oxygen atoms in total. The van der Waals surface area contributed by atoms with Crippen molar-refractivity contribution >= 4 is 15.9 Å². The van der Waals surface area contributed by atoms with Gasteiger partial charge in [-0.15, -0.1) is 0 Å². The highest BCUT2D eigenvalue weighted by molar-refractivity contribution is 9.10. The number of hydrogen-bond donors (Lipinski definition) is 0. The molecular formula is C8H2BrF7O. The molecule has 0 aliphatic rings. The van der Waals surface area contributed by atoms with Crippen LogP contribution < -0.4 is 4.74 Å². The van der Waals surface area contributed by atoms with Gasteiger partial charge in [0.1, 0.15) is 17.4 Å². The number of ether oxygens (including phenoxy) is 1. The van der Waals surface area contributed by atoms with Crippen molar-refractivity contribution in [1.29, 1.82) is 0 Å². The summed E-state index contributed by atoms with van der Waals surface area (Å²) in [5.74, 6) is -4.00. The lowest BCUT2D eigenvalue weighted by Crippen LogP contribution is -2.41. The Bertz CT molecular complexity index is 405. The lowest BCUT2D eigenvalue weighted by atomic mass is 10.3. The Balaban J connectivity index is 3.05. The summed E-state index contributed by atoms with van der Waals surface area (Å²) >= 11 is 2.42. The van der Waals surface area contributed by atoms with Crippen molar-refractivity contribution in [3.05, 3.63) is 28.2 Å². The zero-order valence-electron chi connectivity index (χ0n) is 7.59. The Hall–Kier alpha value is -0.990. The van der Waals surface area contributed by atoms with Gasteiger partial charge < -0.3 is 4.74 Å². The van der Waals surface area contributed by atoms with Crippen molar-refractivity contribution in [3.8, 4) is 5.75 Å². The summed E-state index contributed by atoms with van der Waals surface area (Å²) in [6.07, 6.45) is -11.5. The van der Waals surface area contributed by atoms with E-state index in [1.54, 1.807) is 0 Å². The minimum absolute atomic E-state index is 0.201. The summed E-state index contributed by atoms with van der Waals surface area (Å²) in [5.41, 5.74) is 0. The third-order valence-corrected chi connectivity index (χ3v) is 2.29. The van der Waals surface area contributed by atoms with E-state index in [9.17, 15) is 30.7 Å². The summed E-state index contributed by atoms with van der Waals surface area (Å²) in [7, 11) is 0. The lowest BCUT2D eigenvalue weighted by Gasteiger charge is -2.20. The van der Waals surface area contributed by atoms with E-state index in [-0.39, 0.29) is 12.1 Å². The molecule has 0 heterocycles. The second-order valence-corrected chi connectivity index (χ2v) is 3.61. The maximum absolute atomic E-state index is 12.8. The molecule has 0 amide bonds. The number of halogens is 8. The van der Waals surface area contributed by atoms with Crippen LogP contribution in [0, 0.1) is 11.6 Å². The molecule has 1 rings (SSSR count). The molecule has 96 valence electrons. The van der Waals surface area contributed by atoms with E-state index in [1.165, 1.54) is 0 Å². The molecule has 1 aromatic rings. The summed E-state index contributed by atoms with van der Waals surface area (Å²) in [6.45, 7) is 0. The monoisotopic (exact) mass is 326 g/mol. The maximum Gasteiger partial charge on any atom is 0.499 e. The molecule has 0 aromatic heterocycles. The maximum atomic E-state index is 12.8. The fraction of sp³-hybridized carbons (Fsp3) is 0.250. The highest BCUT2D eigenvalue weighted by Gasteiger charge is 2.61. The molecule has 0 spiro atoms. The van der Waals surface area contributed by atoms with E-state index in [0.29, 0.717) is 0 Å². The minimum atomic E-state index is -5.98. The van der Waals surface area contributed by atoms with Crippen molar-refractivity contribution in [2.75, 3.05) is 0 Å². The molecule has 0 bridgehead atoms. The van der Waals surface area contributed by atoms with Gasteiger partial charge in [0.2, 0.25) is 0 Å². The van der Waals surface area contributed by atoms with E-state index in [0.717, 1.165) is 0 Å². The van der Waals surface area contributed by atoms with Gasteiger partial charge in [0, 0.05) is 12.1 Å². The second kappa shape index (κ2) is 4.35. The predicted molar refractivity (Wildman–Crippen MR) is 45.7 cm³/mol. The smallest absolute Gasteiger partial charge is 0.426 e. The lowest BCUT2D eigenvalue weighted by molar-refractivity contribution is -0.360. The normalized spacial score (nSPS) is 12.7. The highest BCUT2D eigenvalue weighted by atomic mass is 79.9. The average molecular weight is 327 g/mol. The summed E-state index contributed by atoms with van der Waals surface area (Å²) in [5, 5.41) is 0. The van der Waals surface area contributed by atoms with Crippen LogP contribution in [0.4, 0.5) is 30.7 Å². The topological polar surface area (TPSA) is 9.23 Å². The van der Waals surface area contributed by atoms with E-state index in [1.807, 2.05) is 0 Å². The average Bonchev–Trinajstić information content (AvgIpc) is 2.11. The molecule has 0 radical (unpaired) electrons. The fourth-order valence-electron chi connectivity index (χ4n) is 0.797. The first-order valence-electron chi connectivity index (χ1n) is 3.82. The molecule has 0 unspecified atom stereocenters. The Labute approximate surface area is 98.3 Å². The van der Waals surface area contributed by atoms with E-state index >= 15 is 0 Å². The molecule has 9 heteroatoms. The molecule has 0 aliphatic heterocycles. The Kier molecular flexibility index (Phi) is 3.60. The molecule has 0 fully saturated rings. The third-order valence-electron chi connectivity index (χ3n) is 1.53. The van der Waals surface area contributed by atoms with Crippen molar-refractivity contribution in [2.45, 2.75) is 12.3 Å². The van der Waals surface area contributed by atoms with Crippen molar-refractivity contribution in [1.82, 2.24) is 0 Å². The molecule has 0 saturated heterocycles. The van der Waals surface area contributed by atoms with Crippen LogP contribution in [-0.4, -0.2) is 12.3 Å². The van der Waals surface area contributed by atoms with Gasteiger partial charge >= 0.3 is 12.3 Å². The first kappa shape index (κ1) is 14.1. The van der Waals surface area contributed by atoms with Gasteiger partial charge in [0.15, 0.2) is 0 Å². The third kappa shape index (κ3) is 3.02. The van der Waals surface area contributed by atoms with Gasteiger partial charge in [0.25, 0.3) is 0 Å². The number of rotatable bonds is 2. The number of hydrogen-bond acceptors (Lipinski definition) is 1. The number of alkyl halides is 5. The Morgan fingerprint density at radius 1 is 0.941 bits per heavy atom. The summed E-state index contributed by atoms with van der Waals surface area (Å²) < 4.78 is 88.1. The van der Waals surface area contributed by atoms with Gasteiger partial charge in [-0.25, -0.2) is 8.78 Å². The molecule has 0 N–H and O–H groups in total. The predicted octanol–water partition coefficient (Wildman–Crippen LogP) is 4.26. The van der Waals surface area contributed by atoms with E-state index < -0.39 is 34.1 Å². The quantitative estimate of drug-likeness (QED) is 0.583. The Morgan fingerprint density at radius 3 is 1.71 bits per heavy atom. The Morgan fingerprint density at radius 2 is 1.35 bits per heavy atom. The van der Waals surface area contributed by atoms with Gasteiger partial charge in [-0.2, -0.15) is 22.0 Å². The standard InChI is InChI=1S/C8H2BrF7O/c9-6-4(10)1-3(2-5(6)11)17-8(15,16)7(12,13)14/h1-2H. The van der Waals surface area contributed by atoms with Crippen molar-refractivity contribution in [3.63, 3.8) is 0 Å². The van der Waals surface area contributed by atoms with Crippen LogP contribution in [0.2, 0.25) is 0 Å². The van der Waals surface area contributed by atoms with Crippen LogP contribution in [0.15, 0.2) is 16.6 Å². The highest BCUT2D eigenvalue weighted by Crippen LogP contribution is 2.38. The van der Waals surface area contributed by atoms with Crippen LogP contribution in [0.5, 0.6) is 5.75 Å². The van der Waals surface area contributed by atoms with Crippen LogP contribution in [-0.2, 0) is 0 Å². The van der Waals surface area contributed by atoms with E-state index in [4.69, 9.17) is 0 Å². The number of benzene rings is 1. The van der Waals surface area contributed by atoms with Gasteiger partial charge in [-0.05, 0) is 15.9 Å². The van der Waals surface area contributed by atoms with Crippen LogP contribution in [0.25, 0.3) is 0 Å². The zero-order valence-corrected chi connectivity index (χ0v) is 9.17. The summed E-state index contributed by atoms with van der Waals surface area (Å²) in [4.78, 5) is 0. The molecule has 1 aromatic carbocycles. The first-order valence-corrected chi connectivity index (χ1v) is 4.62. The summed E-state index contributed by atoms with van der Waals surface area (Å²) in [6, 6.07) is 0.402. The second-order valence-electron chi connectivity index (χ2n) is 2.82. The van der Waals surface area contributed by atoms with Gasteiger partial charge in [-0.3, -0.25) is 0 Å². The first-order chi connectivity index (χ1) is 7.54. The van der Waals surface area contributed by atoms with Crippen LogP contribution in [0.1, 0.15) is 0 Å². The molecule has 17 heavy (non-hydrogen) atoms. The molecule has 0 aliphatic carbocycles. The van der Waals surface area contributed by atoms with E-state index in [2.05, 4.69) is 20.7 Å².